The van der Waals surface area contributed by atoms with Crippen molar-refractivity contribution in [1.82, 2.24) is 4.90 Å². The van der Waals surface area contributed by atoms with Crippen LogP contribution in [-0.2, 0) is 14.3 Å². The van der Waals surface area contributed by atoms with Crippen LogP contribution in [0, 0.1) is 5.82 Å². The molecule has 0 unspecified atom stereocenters. The Morgan fingerprint density at radius 1 is 1.27 bits per heavy atom. The second-order valence-electron chi connectivity index (χ2n) is 5.86. The summed E-state index contributed by atoms with van der Waals surface area (Å²) in [6, 6.07) is 4.30. The molecule has 1 heterocycles. The van der Waals surface area contributed by atoms with Gasteiger partial charge in [0.05, 0.1) is 12.5 Å². The van der Waals surface area contributed by atoms with E-state index in [9.17, 15) is 18.8 Å². The van der Waals surface area contributed by atoms with Crippen molar-refractivity contribution in [3.05, 3.63) is 35.6 Å². The molecule has 7 heteroatoms. The lowest BCUT2D eigenvalue weighted by molar-refractivity contribution is -0.143. The van der Waals surface area contributed by atoms with E-state index in [0.29, 0.717) is 5.56 Å². The third kappa shape index (κ3) is 3.60. The Morgan fingerprint density at radius 3 is 2.41 bits per heavy atom. The lowest BCUT2D eigenvalue weighted by Crippen LogP contribution is -2.48. The monoisotopic (exact) mass is 309 g/mol. The Labute approximate surface area is 126 Å². The molecule has 2 rings (SSSR count). The normalized spacial score (nSPS) is 18.9. The molecule has 1 aromatic carbocycles. The molecular formula is C15H16FNO5. The van der Waals surface area contributed by atoms with Crippen LogP contribution in [0.2, 0.25) is 0 Å². The molecule has 1 aliphatic rings. The number of hydrogen-bond donors (Lipinski definition) is 0. The Bertz CT molecular complexity index is 605. The van der Waals surface area contributed by atoms with E-state index >= 15 is 0 Å². The Kier molecular flexibility index (Phi) is 4.16. The molecule has 1 aromatic rings. The zero-order valence-electron chi connectivity index (χ0n) is 12.5. The molecule has 1 aliphatic heterocycles. The van der Waals surface area contributed by atoms with Crippen molar-refractivity contribution in [3.8, 4) is 0 Å². The van der Waals surface area contributed by atoms with Crippen LogP contribution in [0.1, 0.15) is 38.8 Å². The van der Waals surface area contributed by atoms with E-state index in [1.807, 2.05) is 0 Å². The van der Waals surface area contributed by atoms with Gasteiger partial charge in [-0.3, -0.25) is 4.79 Å². The molecule has 0 radical (unpaired) electrons. The molecule has 0 N–H and O–H groups in total. The molecule has 1 atom stereocenters. The van der Waals surface area contributed by atoms with Gasteiger partial charge in [0.1, 0.15) is 11.4 Å². The molecule has 118 valence electrons. The molecular weight excluding hydrogens is 293 g/mol. The third-order valence-corrected chi connectivity index (χ3v) is 2.91. The summed E-state index contributed by atoms with van der Waals surface area (Å²) in [6.07, 6.45) is -2.23. The summed E-state index contributed by atoms with van der Waals surface area (Å²) in [7, 11) is 0. The summed E-state index contributed by atoms with van der Waals surface area (Å²) in [6.45, 7) is 4.95. The maximum atomic E-state index is 13.0. The summed E-state index contributed by atoms with van der Waals surface area (Å²) in [5.74, 6) is -1.21. The first-order chi connectivity index (χ1) is 10.2. The highest BCUT2D eigenvalue weighted by Crippen LogP contribution is 2.31. The lowest BCUT2D eigenvalue weighted by Gasteiger charge is -2.33. The molecule has 0 aromatic heterocycles. The molecule has 0 bridgehead atoms. The van der Waals surface area contributed by atoms with Crippen LogP contribution < -0.4 is 0 Å². The fourth-order valence-corrected chi connectivity index (χ4v) is 2.03. The van der Waals surface area contributed by atoms with E-state index in [0.717, 1.165) is 4.90 Å². The maximum absolute atomic E-state index is 13.0. The average Bonchev–Trinajstić information content (AvgIpc) is 2.36. The second-order valence-corrected chi connectivity index (χ2v) is 5.86. The number of hydrogen-bond acceptors (Lipinski definition) is 5. The number of amides is 2. The largest absolute Gasteiger partial charge is 0.443 e. The average molecular weight is 309 g/mol. The van der Waals surface area contributed by atoms with Gasteiger partial charge in [0, 0.05) is 0 Å². The molecule has 22 heavy (non-hydrogen) atoms. The highest BCUT2D eigenvalue weighted by atomic mass is 19.1. The van der Waals surface area contributed by atoms with Crippen molar-refractivity contribution in [1.29, 1.82) is 0 Å². The van der Waals surface area contributed by atoms with Gasteiger partial charge in [-0.15, -0.1) is 0 Å². The van der Waals surface area contributed by atoms with E-state index in [2.05, 4.69) is 4.74 Å². The first-order valence-electron chi connectivity index (χ1n) is 6.70. The zero-order valence-corrected chi connectivity index (χ0v) is 12.5. The third-order valence-electron chi connectivity index (χ3n) is 2.91. The van der Waals surface area contributed by atoms with Crippen molar-refractivity contribution in [2.75, 3.05) is 0 Å². The van der Waals surface area contributed by atoms with Crippen molar-refractivity contribution >= 4 is 18.2 Å². The molecule has 0 saturated carbocycles. The molecule has 6 nitrogen and oxygen atoms in total. The SMILES string of the molecule is CC(C)(C)OC(=O)N1C(=O)OC(=O)C[C@H]1c1ccc(F)cc1. The number of carbonyl (C=O) groups is 3. The van der Waals surface area contributed by atoms with Crippen LogP contribution in [0.3, 0.4) is 0 Å². The molecule has 1 saturated heterocycles. The van der Waals surface area contributed by atoms with Gasteiger partial charge in [0.15, 0.2) is 0 Å². The van der Waals surface area contributed by atoms with Crippen molar-refractivity contribution in [2.45, 2.75) is 38.8 Å². The van der Waals surface area contributed by atoms with Crippen molar-refractivity contribution in [2.24, 2.45) is 0 Å². The minimum Gasteiger partial charge on any atom is -0.443 e. The first kappa shape index (κ1) is 15.9. The zero-order chi connectivity index (χ0) is 16.5. The fraction of sp³-hybridized carbons (Fsp3) is 0.400. The number of cyclic esters (lactones) is 2. The number of ether oxygens (including phenoxy) is 2. The molecule has 2 amide bonds. The van der Waals surface area contributed by atoms with Gasteiger partial charge < -0.3 is 9.47 Å². The number of benzene rings is 1. The van der Waals surface area contributed by atoms with Crippen molar-refractivity contribution in [3.63, 3.8) is 0 Å². The number of halogens is 1. The maximum Gasteiger partial charge on any atom is 0.427 e. The van der Waals surface area contributed by atoms with E-state index < -0.39 is 35.6 Å². The van der Waals surface area contributed by atoms with Gasteiger partial charge in [-0.05, 0) is 38.5 Å². The first-order valence-corrected chi connectivity index (χ1v) is 6.70. The van der Waals surface area contributed by atoms with Crippen LogP contribution in [0.25, 0.3) is 0 Å². The minimum atomic E-state index is -1.10. The number of carbonyl (C=O) groups excluding carboxylic acids is 3. The Balaban J connectivity index is 2.33. The van der Waals surface area contributed by atoms with Crippen molar-refractivity contribution < 1.29 is 28.2 Å². The van der Waals surface area contributed by atoms with Crippen LogP contribution >= 0.6 is 0 Å². The second kappa shape index (κ2) is 5.75. The molecule has 1 fully saturated rings. The van der Waals surface area contributed by atoms with Gasteiger partial charge in [0.25, 0.3) is 0 Å². The van der Waals surface area contributed by atoms with E-state index in [1.165, 1.54) is 24.3 Å². The highest BCUT2D eigenvalue weighted by molar-refractivity contribution is 5.97. The summed E-state index contributed by atoms with van der Waals surface area (Å²) in [5.41, 5.74) is -0.371. The van der Waals surface area contributed by atoms with Crippen LogP contribution in [0.15, 0.2) is 24.3 Å². The summed E-state index contributed by atoms with van der Waals surface area (Å²) >= 11 is 0. The molecule has 0 spiro atoms. The van der Waals surface area contributed by atoms with Crippen LogP contribution in [-0.4, -0.2) is 28.7 Å². The fourth-order valence-electron chi connectivity index (χ4n) is 2.03. The minimum absolute atomic E-state index is 0.212. The van der Waals surface area contributed by atoms with E-state index in [-0.39, 0.29) is 6.42 Å². The summed E-state index contributed by atoms with van der Waals surface area (Å²) in [5, 5.41) is 0. The lowest BCUT2D eigenvalue weighted by atomic mass is 10.0. The van der Waals surface area contributed by atoms with Gasteiger partial charge in [-0.2, -0.15) is 0 Å². The standard InChI is InChI=1S/C15H16FNO5/c1-15(2,3)22-14(20)17-11(8-12(18)21-13(17)19)9-4-6-10(16)7-5-9/h4-7,11H,8H2,1-3H3/t11-/m0/s1. The topological polar surface area (TPSA) is 72.9 Å². The van der Waals surface area contributed by atoms with E-state index in [4.69, 9.17) is 4.74 Å². The summed E-state index contributed by atoms with van der Waals surface area (Å²) < 4.78 is 22.7. The smallest absolute Gasteiger partial charge is 0.427 e. The number of esters is 1. The Hall–Kier alpha value is -2.44. The number of imide groups is 1. The van der Waals surface area contributed by atoms with Crippen LogP contribution in [0.4, 0.5) is 14.0 Å². The van der Waals surface area contributed by atoms with Gasteiger partial charge >= 0.3 is 18.2 Å². The van der Waals surface area contributed by atoms with Gasteiger partial charge in [0.2, 0.25) is 0 Å². The quantitative estimate of drug-likeness (QED) is 0.588. The Morgan fingerprint density at radius 2 is 1.86 bits per heavy atom. The summed E-state index contributed by atoms with van der Waals surface area (Å²) in [4.78, 5) is 36.3. The predicted molar refractivity (Wildman–Crippen MR) is 73.3 cm³/mol. The number of nitrogens with zero attached hydrogens (tertiary/aromatic N) is 1. The highest BCUT2D eigenvalue weighted by Gasteiger charge is 2.42. The predicted octanol–water partition coefficient (Wildman–Crippen LogP) is 3.17. The molecule has 0 aliphatic carbocycles. The number of rotatable bonds is 1. The van der Waals surface area contributed by atoms with Gasteiger partial charge in [-0.1, -0.05) is 12.1 Å². The van der Waals surface area contributed by atoms with E-state index in [1.54, 1.807) is 20.8 Å². The van der Waals surface area contributed by atoms with Gasteiger partial charge in [-0.25, -0.2) is 18.9 Å². The van der Waals surface area contributed by atoms with Crippen LogP contribution in [0.5, 0.6) is 0 Å².